The lowest BCUT2D eigenvalue weighted by molar-refractivity contribution is 0.0515. The summed E-state index contributed by atoms with van der Waals surface area (Å²) >= 11 is 5.48. The molecule has 1 N–H and O–H groups in total. The molecule has 0 saturated heterocycles. The predicted molar refractivity (Wildman–Crippen MR) is 70.7 cm³/mol. The lowest BCUT2D eigenvalue weighted by atomic mass is 10.1. The van der Waals surface area contributed by atoms with Gasteiger partial charge in [0.25, 0.3) is 0 Å². The molecule has 0 fully saturated rings. The molecule has 0 saturated carbocycles. The van der Waals surface area contributed by atoms with E-state index in [0.29, 0.717) is 18.5 Å². The van der Waals surface area contributed by atoms with Crippen LogP contribution in [0, 0.1) is 0 Å². The van der Waals surface area contributed by atoms with Crippen molar-refractivity contribution < 1.29 is 19.1 Å². The maximum Gasteiger partial charge on any atom is 0.410 e. The molecule has 0 atom stereocenters. The highest BCUT2D eigenvalue weighted by molar-refractivity contribution is 6.18. The summed E-state index contributed by atoms with van der Waals surface area (Å²) in [6.45, 7) is 2.97. The van der Waals surface area contributed by atoms with Gasteiger partial charge in [-0.3, -0.25) is 5.10 Å². The fourth-order valence-corrected chi connectivity index (χ4v) is 2.11. The lowest BCUT2D eigenvalue weighted by Crippen LogP contribution is -2.37. The maximum absolute atomic E-state index is 11.8. The number of ether oxygens (including phenoxy) is 2. The third-order valence-electron chi connectivity index (χ3n) is 2.96. The van der Waals surface area contributed by atoms with Crippen molar-refractivity contribution in [3.05, 3.63) is 17.0 Å². The number of amides is 1. The number of aromatic amines is 1. The van der Waals surface area contributed by atoms with Crippen molar-refractivity contribution >= 4 is 23.7 Å². The zero-order valence-corrected chi connectivity index (χ0v) is 11.9. The van der Waals surface area contributed by atoms with Crippen LogP contribution in [0.2, 0.25) is 0 Å². The minimum Gasteiger partial charge on any atom is -0.461 e. The fourth-order valence-electron chi connectivity index (χ4n) is 2.04. The van der Waals surface area contributed by atoms with Crippen molar-refractivity contribution in [3.8, 4) is 0 Å². The molecule has 0 bridgehead atoms. The molecule has 1 amide bonds. The largest absolute Gasteiger partial charge is 0.461 e. The highest BCUT2D eigenvalue weighted by Crippen LogP contribution is 2.21. The van der Waals surface area contributed by atoms with Crippen LogP contribution >= 0.6 is 11.6 Å². The third kappa shape index (κ3) is 3.04. The normalized spacial score (nSPS) is 13.8. The van der Waals surface area contributed by atoms with Crippen molar-refractivity contribution in [2.75, 3.05) is 25.6 Å². The average Bonchev–Trinajstić information content (AvgIpc) is 2.87. The molecule has 8 heteroatoms. The van der Waals surface area contributed by atoms with Crippen LogP contribution < -0.4 is 0 Å². The number of fused-ring (bicyclic) bond motifs is 1. The standard InChI is InChI=1S/C12H16ClN3O4/c1-2-19-11(17)10-8-7-16(12(18)20-6-4-13)5-3-9(8)14-15-10/h2-7H2,1H3,(H,14,15). The van der Waals surface area contributed by atoms with Crippen molar-refractivity contribution in [1.82, 2.24) is 15.1 Å². The molecule has 0 unspecified atom stereocenters. The van der Waals surface area contributed by atoms with Gasteiger partial charge in [0.15, 0.2) is 5.69 Å². The van der Waals surface area contributed by atoms with E-state index in [4.69, 9.17) is 21.1 Å². The van der Waals surface area contributed by atoms with Gasteiger partial charge in [0, 0.05) is 24.2 Å². The summed E-state index contributed by atoms with van der Waals surface area (Å²) in [6.07, 6.45) is 0.157. The van der Waals surface area contributed by atoms with Gasteiger partial charge in [-0.1, -0.05) is 0 Å². The van der Waals surface area contributed by atoms with E-state index in [2.05, 4.69) is 10.2 Å². The van der Waals surface area contributed by atoms with E-state index in [1.807, 2.05) is 0 Å². The number of hydrogen-bond acceptors (Lipinski definition) is 5. The van der Waals surface area contributed by atoms with Crippen molar-refractivity contribution in [2.24, 2.45) is 0 Å². The highest BCUT2D eigenvalue weighted by Gasteiger charge is 2.28. The molecule has 0 aromatic carbocycles. The van der Waals surface area contributed by atoms with Crippen LogP contribution in [0.4, 0.5) is 4.79 Å². The summed E-state index contributed by atoms with van der Waals surface area (Å²) in [4.78, 5) is 25.1. The zero-order chi connectivity index (χ0) is 14.5. The molecular weight excluding hydrogens is 286 g/mol. The summed E-state index contributed by atoms with van der Waals surface area (Å²) in [5.74, 6) is -0.231. The van der Waals surface area contributed by atoms with E-state index < -0.39 is 12.1 Å². The minimum atomic E-state index is -0.485. The Morgan fingerprint density at radius 3 is 2.95 bits per heavy atom. The molecule has 1 aromatic rings. The van der Waals surface area contributed by atoms with Gasteiger partial charge in [-0.25, -0.2) is 9.59 Å². The number of halogens is 1. The molecule has 0 radical (unpaired) electrons. The zero-order valence-electron chi connectivity index (χ0n) is 11.1. The molecule has 2 heterocycles. The molecule has 1 aliphatic rings. The number of esters is 1. The van der Waals surface area contributed by atoms with Crippen LogP contribution in [0.5, 0.6) is 0 Å². The molecular formula is C12H16ClN3O4. The second-order valence-corrected chi connectivity index (χ2v) is 4.60. The minimum absolute atomic E-state index is 0.167. The summed E-state index contributed by atoms with van der Waals surface area (Å²) in [5.41, 5.74) is 1.78. The second kappa shape index (κ2) is 6.60. The average molecular weight is 302 g/mol. The Bertz CT molecular complexity index is 503. The van der Waals surface area contributed by atoms with Gasteiger partial charge in [-0.15, -0.1) is 11.6 Å². The summed E-state index contributed by atoms with van der Waals surface area (Å²) in [6, 6.07) is 0. The molecule has 1 aromatic heterocycles. The predicted octanol–water partition coefficient (Wildman–Crippen LogP) is 1.32. The topological polar surface area (TPSA) is 84.5 Å². The Balaban J connectivity index is 2.10. The molecule has 7 nitrogen and oxygen atoms in total. The Labute approximate surface area is 121 Å². The maximum atomic E-state index is 11.8. The number of alkyl halides is 1. The number of hydrogen-bond donors (Lipinski definition) is 1. The molecule has 2 rings (SSSR count). The lowest BCUT2D eigenvalue weighted by Gasteiger charge is -2.26. The number of H-pyrrole nitrogens is 1. The van der Waals surface area contributed by atoms with Crippen LogP contribution in [0.3, 0.4) is 0 Å². The number of carbonyl (C=O) groups excluding carboxylic acids is 2. The van der Waals surface area contributed by atoms with E-state index >= 15 is 0 Å². The van der Waals surface area contributed by atoms with Gasteiger partial charge in [-0.2, -0.15) is 5.10 Å². The van der Waals surface area contributed by atoms with Gasteiger partial charge in [0.1, 0.15) is 6.61 Å². The molecule has 1 aliphatic heterocycles. The van der Waals surface area contributed by atoms with Gasteiger partial charge in [0.05, 0.1) is 19.0 Å². The van der Waals surface area contributed by atoms with Crippen molar-refractivity contribution in [2.45, 2.75) is 19.9 Å². The SMILES string of the molecule is CCOC(=O)c1n[nH]c2c1CN(C(=O)OCCCl)CC2. The molecule has 110 valence electrons. The highest BCUT2D eigenvalue weighted by atomic mass is 35.5. The first-order chi connectivity index (χ1) is 9.67. The first-order valence-electron chi connectivity index (χ1n) is 6.38. The van der Waals surface area contributed by atoms with Crippen LogP contribution in [0.1, 0.15) is 28.7 Å². The monoisotopic (exact) mass is 301 g/mol. The van der Waals surface area contributed by atoms with Gasteiger partial charge in [-0.05, 0) is 6.92 Å². The number of nitrogens with one attached hydrogen (secondary N) is 1. The first-order valence-corrected chi connectivity index (χ1v) is 6.91. The van der Waals surface area contributed by atoms with Crippen molar-refractivity contribution in [1.29, 1.82) is 0 Å². The van der Waals surface area contributed by atoms with Crippen molar-refractivity contribution in [3.63, 3.8) is 0 Å². The van der Waals surface area contributed by atoms with E-state index in [-0.39, 0.29) is 31.3 Å². The van der Waals surface area contributed by atoms with Gasteiger partial charge < -0.3 is 14.4 Å². The van der Waals surface area contributed by atoms with E-state index in [9.17, 15) is 9.59 Å². The van der Waals surface area contributed by atoms with Gasteiger partial charge >= 0.3 is 12.1 Å². The van der Waals surface area contributed by atoms with Crippen LogP contribution in [-0.2, 0) is 22.4 Å². The molecule has 0 aliphatic carbocycles. The van der Waals surface area contributed by atoms with Crippen LogP contribution in [-0.4, -0.2) is 52.8 Å². The number of carbonyl (C=O) groups is 2. The van der Waals surface area contributed by atoms with Crippen LogP contribution in [0.25, 0.3) is 0 Å². The Hall–Kier alpha value is -1.76. The Kier molecular flexibility index (Phi) is 4.84. The molecule has 0 spiro atoms. The number of rotatable bonds is 4. The smallest absolute Gasteiger partial charge is 0.410 e. The summed E-state index contributed by atoms with van der Waals surface area (Å²) in [5, 5.41) is 6.79. The van der Waals surface area contributed by atoms with E-state index in [1.54, 1.807) is 6.92 Å². The first kappa shape index (κ1) is 14.6. The number of nitrogens with zero attached hydrogens (tertiary/aromatic N) is 2. The van der Waals surface area contributed by atoms with Gasteiger partial charge in [0.2, 0.25) is 0 Å². The van der Waals surface area contributed by atoms with E-state index in [0.717, 1.165) is 5.69 Å². The second-order valence-electron chi connectivity index (χ2n) is 4.22. The van der Waals surface area contributed by atoms with Crippen LogP contribution in [0.15, 0.2) is 0 Å². The Morgan fingerprint density at radius 1 is 1.45 bits per heavy atom. The third-order valence-corrected chi connectivity index (χ3v) is 3.12. The molecule has 20 heavy (non-hydrogen) atoms. The number of aromatic nitrogens is 2. The van der Waals surface area contributed by atoms with E-state index in [1.165, 1.54) is 4.90 Å². The quantitative estimate of drug-likeness (QED) is 0.670. The fraction of sp³-hybridized carbons (Fsp3) is 0.583. The summed E-state index contributed by atoms with van der Waals surface area (Å²) in [7, 11) is 0. The summed E-state index contributed by atoms with van der Waals surface area (Å²) < 4.78 is 9.92. The Morgan fingerprint density at radius 2 is 2.25 bits per heavy atom.